The summed E-state index contributed by atoms with van der Waals surface area (Å²) in [6.07, 6.45) is 2.07. The number of imide groups is 1. The van der Waals surface area contributed by atoms with Crippen LogP contribution in [0.15, 0.2) is 48.5 Å². The molecule has 1 N–H and O–H groups in total. The number of carbonyl (C=O) groups excluding carboxylic acids is 3. The van der Waals surface area contributed by atoms with E-state index in [0.717, 1.165) is 34.4 Å². The maximum absolute atomic E-state index is 13.2. The Morgan fingerprint density at radius 3 is 2.50 bits per heavy atom. The molecule has 0 aromatic heterocycles. The Morgan fingerprint density at radius 1 is 0.964 bits per heavy atom. The van der Waals surface area contributed by atoms with Gasteiger partial charge in [0.15, 0.2) is 0 Å². The molecule has 28 heavy (non-hydrogen) atoms. The van der Waals surface area contributed by atoms with Gasteiger partial charge < -0.3 is 10.2 Å². The number of hydrogen-bond acceptors (Lipinski definition) is 3. The van der Waals surface area contributed by atoms with E-state index in [2.05, 4.69) is 11.4 Å². The van der Waals surface area contributed by atoms with Crippen molar-refractivity contribution in [3.05, 3.63) is 70.8 Å². The molecule has 0 saturated carbocycles. The first kappa shape index (κ1) is 17.0. The largest absolute Gasteiger partial charge is 0.336 e. The van der Waals surface area contributed by atoms with Crippen molar-refractivity contribution in [2.45, 2.75) is 31.3 Å². The normalized spacial score (nSPS) is 23.0. The summed E-state index contributed by atoms with van der Waals surface area (Å²) in [5.74, 6) is -0.505. The molecule has 1 saturated heterocycles. The van der Waals surface area contributed by atoms with Crippen molar-refractivity contribution >= 4 is 17.8 Å². The number of carbonyl (C=O) groups is 3. The highest BCUT2D eigenvalue weighted by atomic mass is 16.2. The number of nitrogens with zero attached hydrogens (tertiary/aromatic N) is 2. The van der Waals surface area contributed by atoms with Crippen molar-refractivity contribution in [3.8, 4) is 0 Å². The Morgan fingerprint density at radius 2 is 1.68 bits per heavy atom. The summed E-state index contributed by atoms with van der Waals surface area (Å²) in [6.45, 7) is 0.914. The molecule has 1 aliphatic carbocycles. The van der Waals surface area contributed by atoms with Crippen molar-refractivity contribution in [1.29, 1.82) is 0 Å². The summed E-state index contributed by atoms with van der Waals surface area (Å²) in [5, 5.41) is 2.88. The Balaban J connectivity index is 1.35. The minimum atomic E-state index is -1.01. The lowest BCUT2D eigenvalue weighted by atomic mass is 9.92. The van der Waals surface area contributed by atoms with E-state index >= 15 is 0 Å². The second kappa shape index (κ2) is 6.19. The number of nitrogens with one attached hydrogen (secondary N) is 1. The second-order valence-corrected chi connectivity index (χ2v) is 7.72. The molecular weight excluding hydrogens is 354 g/mol. The number of urea groups is 1. The van der Waals surface area contributed by atoms with E-state index in [1.165, 1.54) is 5.56 Å². The van der Waals surface area contributed by atoms with Crippen molar-refractivity contribution < 1.29 is 14.4 Å². The number of aryl methyl sites for hydroxylation is 1. The van der Waals surface area contributed by atoms with Gasteiger partial charge >= 0.3 is 6.03 Å². The molecule has 142 valence electrons. The third-order valence-corrected chi connectivity index (χ3v) is 6.20. The number of amides is 4. The molecule has 1 unspecified atom stereocenters. The first-order valence-corrected chi connectivity index (χ1v) is 9.65. The third kappa shape index (κ3) is 2.44. The molecule has 6 nitrogen and oxygen atoms in total. The highest BCUT2D eigenvalue weighted by Crippen LogP contribution is 2.41. The van der Waals surface area contributed by atoms with Crippen LogP contribution in [0.2, 0.25) is 0 Å². The summed E-state index contributed by atoms with van der Waals surface area (Å²) in [4.78, 5) is 41.5. The number of benzene rings is 2. The predicted molar refractivity (Wildman–Crippen MR) is 102 cm³/mol. The third-order valence-electron chi connectivity index (χ3n) is 6.20. The lowest BCUT2D eigenvalue weighted by molar-refractivity contribution is -0.139. The topological polar surface area (TPSA) is 69.7 Å². The second-order valence-electron chi connectivity index (χ2n) is 7.72. The molecule has 1 atom stereocenters. The van der Waals surface area contributed by atoms with Crippen LogP contribution < -0.4 is 5.32 Å². The van der Waals surface area contributed by atoms with Gasteiger partial charge in [-0.1, -0.05) is 48.5 Å². The van der Waals surface area contributed by atoms with Crippen LogP contribution in [0.5, 0.6) is 0 Å². The van der Waals surface area contributed by atoms with Crippen LogP contribution in [0.4, 0.5) is 4.79 Å². The number of fused-ring (bicyclic) bond motifs is 3. The highest BCUT2D eigenvalue weighted by molar-refractivity contribution is 6.09. The monoisotopic (exact) mass is 375 g/mol. The minimum Gasteiger partial charge on any atom is -0.336 e. The van der Waals surface area contributed by atoms with Crippen LogP contribution in [-0.2, 0) is 34.5 Å². The predicted octanol–water partition coefficient (Wildman–Crippen LogP) is 1.96. The van der Waals surface area contributed by atoms with E-state index in [0.29, 0.717) is 19.5 Å². The lowest BCUT2D eigenvalue weighted by Gasteiger charge is -2.30. The Bertz CT molecular complexity index is 1000. The smallest absolute Gasteiger partial charge is 0.325 e. The summed E-state index contributed by atoms with van der Waals surface area (Å²) < 4.78 is 0. The van der Waals surface area contributed by atoms with E-state index < -0.39 is 11.6 Å². The molecule has 2 aromatic carbocycles. The summed E-state index contributed by atoms with van der Waals surface area (Å²) in [7, 11) is 0. The molecular formula is C22H21N3O3. The first-order valence-electron chi connectivity index (χ1n) is 9.65. The average molecular weight is 375 g/mol. The van der Waals surface area contributed by atoms with Gasteiger partial charge in [0.05, 0.1) is 0 Å². The summed E-state index contributed by atoms with van der Waals surface area (Å²) in [6, 6.07) is 15.3. The van der Waals surface area contributed by atoms with E-state index in [9.17, 15) is 14.4 Å². The Hall–Kier alpha value is -3.15. The van der Waals surface area contributed by atoms with Gasteiger partial charge in [-0.15, -0.1) is 0 Å². The van der Waals surface area contributed by atoms with Crippen molar-refractivity contribution in [2.75, 3.05) is 13.1 Å². The molecule has 1 fully saturated rings. The molecule has 0 bridgehead atoms. The fourth-order valence-corrected chi connectivity index (χ4v) is 4.68. The molecule has 1 spiro atoms. The van der Waals surface area contributed by atoms with Gasteiger partial charge in [0.1, 0.15) is 12.1 Å². The van der Waals surface area contributed by atoms with Crippen molar-refractivity contribution in [2.24, 2.45) is 0 Å². The SMILES string of the molecule is O=C(CN1C(=O)NC2(CCc3ccccc32)C1=O)N1CCc2ccccc2C1. The fourth-order valence-electron chi connectivity index (χ4n) is 4.68. The zero-order chi connectivity index (χ0) is 19.3. The van der Waals surface area contributed by atoms with Gasteiger partial charge in [0, 0.05) is 13.1 Å². The molecule has 2 heterocycles. The van der Waals surface area contributed by atoms with Crippen LogP contribution in [0.25, 0.3) is 0 Å². The maximum Gasteiger partial charge on any atom is 0.325 e. The van der Waals surface area contributed by atoms with E-state index in [1.807, 2.05) is 42.5 Å². The van der Waals surface area contributed by atoms with Crippen molar-refractivity contribution in [1.82, 2.24) is 15.1 Å². The van der Waals surface area contributed by atoms with Crippen LogP contribution in [-0.4, -0.2) is 40.7 Å². The lowest BCUT2D eigenvalue weighted by Crippen LogP contribution is -2.46. The maximum atomic E-state index is 13.2. The Labute approximate surface area is 163 Å². The van der Waals surface area contributed by atoms with Gasteiger partial charge in [-0.25, -0.2) is 4.79 Å². The first-order chi connectivity index (χ1) is 13.6. The molecule has 6 heteroatoms. The standard InChI is InChI=1S/C22H21N3O3/c26-19(24-12-10-15-5-1-2-7-17(15)13-24)14-25-20(27)22(23-21(25)28)11-9-16-6-3-4-8-18(16)22/h1-8H,9-14H2,(H,23,28). The highest BCUT2D eigenvalue weighted by Gasteiger charge is 2.55. The molecule has 3 aliphatic rings. The van der Waals surface area contributed by atoms with Crippen LogP contribution >= 0.6 is 0 Å². The molecule has 2 aliphatic heterocycles. The van der Waals surface area contributed by atoms with Gasteiger partial charge in [-0.2, -0.15) is 0 Å². The minimum absolute atomic E-state index is 0.193. The zero-order valence-electron chi connectivity index (χ0n) is 15.5. The van der Waals surface area contributed by atoms with Crippen LogP contribution in [0, 0.1) is 0 Å². The van der Waals surface area contributed by atoms with E-state index in [1.54, 1.807) is 4.90 Å². The fraction of sp³-hybridized carbons (Fsp3) is 0.318. The van der Waals surface area contributed by atoms with Crippen molar-refractivity contribution in [3.63, 3.8) is 0 Å². The zero-order valence-corrected chi connectivity index (χ0v) is 15.5. The van der Waals surface area contributed by atoms with Crippen LogP contribution in [0.3, 0.4) is 0 Å². The number of hydrogen-bond donors (Lipinski definition) is 1. The van der Waals surface area contributed by atoms with Gasteiger partial charge in [-0.05, 0) is 41.5 Å². The quantitative estimate of drug-likeness (QED) is 0.816. The van der Waals surface area contributed by atoms with E-state index in [-0.39, 0.29) is 18.4 Å². The van der Waals surface area contributed by atoms with E-state index in [4.69, 9.17) is 0 Å². The summed E-state index contributed by atoms with van der Waals surface area (Å²) in [5.41, 5.74) is 3.30. The van der Waals surface area contributed by atoms with Gasteiger partial charge in [0.2, 0.25) is 5.91 Å². The molecule has 5 rings (SSSR count). The van der Waals surface area contributed by atoms with Gasteiger partial charge in [0.25, 0.3) is 5.91 Å². The molecule has 2 aromatic rings. The Kier molecular flexibility index (Phi) is 3.75. The van der Waals surface area contributed by atoms with Gasteiger partial charge in [-0.3, -0.25) is 14.5 Å². The van der Waals surface area contributed by atoms with Crippen LogP contribution in [0.1, 0.15) is 28.7 Å². The molecule has 4 amide bonds. The average Bonchev–Trinajstić information content (AvgIpc) is 3.21. The summed E-state index contributed by atoms with van der Waals surface area (Å²) >= 11 is 0. The number of rotatable bonds is 2. The molecule has 0 radical (unpaired) electrons.